The summed E-state index contributed by atoms with van der Waals surface area (Å²) in [6, 6.07) is 0. The highest BCUT2D eigenvalue weighted by atomic mass is 32.1. The van der Waals surface area contributed by atoms with Crippen molar-refractivity contribution in [2.45, 2.75) is 32.1 Å². The van der Waals surface area contributed by atoms with Gasteiger partial charge in [0.25, 0.3) is 0 Å². The third-order valence-electron chi connectivity index (χ3n) is 3.22. The van der Waals surface area contributed by atoms with Crippen LogP contribution in [0, 0.1) is 5.92 Å². The molecule has 1 aliphatic carbocycles. The first-order valence-corrected chi connectivity index (χ1v) is 6.78. The van der Waals surface area contributed by atoms with E-state index in [0.717, 1.165) is 6.54 Å². The maximum atomic E-state index is 11.9. The van der Waals surface area contributed by atoms with Gasteiger partial charge in [-0.15, -0.1) is 10.2 Å². The number of hydrogen-bond acceptors (Lipinski definition) is 5. The highest BCUT2D eigenvalue weighted by Gasteiger charge is 2.20. The van der Waals surface area contributed by atoms with E-state index in [9.17, 15) is 4.79 Å². The summed E-state index contributed by atoms with van der Waals surface area (Å²) in [5.41, 5.74) is 5.48. The zero-order valence-electron chi connectivity index (χ0n) is 10.1. The second-order valence-corrected chi connectivity index (χ2v) is 5.73. The summed E-state index contributed by atoms with van der Waals surface area (Å²) in [7, 11) is 1.87. The van der Waals surface area contributed by atoms with Crippen LogP contribution in [0.1, 0.15) is 30.7 Å². The first-order valence-electron chi connectivity index (χ1n) is 5.97. The van der Waals surface area contributed by atoms with Crippen molar-refractivity contribution >= 4 is 22.4 Å². The molecule has 1 aromatic heterocycles. The summed E-state index contributed by atoms with van der Waals surface area (Å²) < 4.78 is 0. The lowest BCUT2D eigenvalue weighted by Gasteiger charge is -2.20. The molecule has 0 aromatic carbocycles. The second kappa shape index (κ2) is 5.44. The van der Waals surface area contributed by atoms with E-state index in [2.05, 4.69) is 10.2 Å². The lowest BCUT2D eigenvalue weighted by atomic mass is 10.1. The fourth-order valence-electron chi connectivity index (χ4n) is 2.28. The topological polar surface area (TPSA) is 72.1 Å². The minimum Gasteiger partial charge on any atom is -0.374 e. The molecule has 0 saturated heterocycles. The van der Waals surface area contributed by atoms with Crippen LogP contribution in [0.4, 0.5) is 5.13 Å². The summed E-state index contributed by atoms with van der Waals surface area (Å²) in [6.07, 6.45) is 5.43. The van der Waals surface area contributed by atoms with Gasteiger partial charge in [0.15, 0.2) is 0 Å². The predicted octanol–water partition coefficient (Wildman–Crippen LogP) is 1.31. The van der Waals surface area contributed by atoms with Crippen LogP contribution in [0.3, 0.4) is 0 Å². The fourth-order valence-corrected chi connectivity index (χ4v) is 2.88. The van der Waals surface area contributed by atoms with Gasteiger partial charge < -0.3 is 10.6 Å². The van der Waals surface area contributed by atoms with Crippen molar-refractivity contribution in [2.24, 2.45) is 5.92 Å². The van der Waals surface area contributed by atoms with E-state index >= 15 is 0 Å². The highest BCUT2D eigenvalue weighted by molar-refractivity contribution is 7.15. The third kappa shape index (κ3) is 3.39. The summed E-state index contributed by atoms with van der Waals surface area (Å²) in [5.74, 6) is 0.788. The Balaban J connectivity index is 1.82. The van der Waals surface area contributed by atoms with Crippen molar-refractivity contribution in [3.05, 3.63) is 5.01 Å². The number of nitrogens with zero attached hydrogens (tertiary/aromatic N) is 3. The molecular weight excluding hydrogens is 236 g/mol. The van der Waals surface area contributed by atoms with Gasteiger partial charge in [0.05, 0.1) is 6.42 Å². The standard InChI is InChI=1S/C11H18N4OS/c1-15(7-8-4-2-3-5-8)10(16)6-9-13-14-11(12)17-9/h8H,2-7H2,1H3,(H2,12,14). The van der Waals surface area contributed by atoms with Crippen molar-refractivity contribution in [1.29, 1.82) is 0 Å². The largest absolute Gasteiger partial charge is 0.374 e. The Bertz CT molecular complexity index is 387. The number of rotatable bonds is 4. The molecule has 1 amide bonds. The lowest BCUT2D eigenvalue weighted by Crippen LogP contribution is -2.32. The minimum atomic E-state index is 0.105. The van der Waals surface area contributed by atoms with Crippen LogP contribution in [0.15, 0.2) is 0 Å². The lowest BCUT2D eigenvalue weighted by molar-refractivity contribution is -0.129. The van der Waals surface area contributed by atoms with Crippen LogP contribution in [-0.4, -0.2) is 34.6 Å². The SMILES string of the molecule is CN(CC1CCCC1)C(=O)Cc1nnc(N)s1. The van der Waals surface area contributed by atoms with Crippen LogP contribution in [-0.2, 0) is 11.2 Å². The molecule has 1 heterocycles. The normalized spacial score (nSPS) is 16.3. The molecule has 6 heteroatoms. The molecule has 5 nitrogen and oxygen atoms in total. The van der Waals surface area contributed by atoms with Gasteiger partial charge in [-0.1, -0.05) is 24.2 Å². The Kier molecular flexibility index (Phi) is 3.93. The minimum absolute atomic E-state index is 0.105. The van der Waals surface area contributed by atoms with Gasteiger partial charge in [-0.3, -0.25) is 4.79 Å². The van der Waals surface area contributed by atoms with E-state index in [-0.39, 0.29) is 5.91 Å². The molecule has 1 saturated carbocycles. The number of hydrogen-bond donors (Lipinski definition) is 1. The molecule has 1 fully saturated rings. The van der Waals surface area contributed by atoms with Crippen molar-refractivity contribution in [2.75, 3.05) is 19.3 Å². The van der Waals surface area contributed by atoms with Crippen LogP contribution in [0.5, 0.6) is 0 Å². The molecule has 1 aliphatic rings. The van der Waals surface area contributed by atoms with Crippen molar-refractivity contribution in [3.63, 3.8) is 0 Å². The second-order valence-electron chi connectivity index (χ2n) is 4.64. The number of likely N-dealkylation sites (N-methyl/N-ethyl adjacent to an activating group) is 1. The van der Waals surface area contributed by atoms with Crippen LogP contribution >= 0.6 is 11.3 Å². The maximum absolute atomic E-state index is 11.9. The number of aromatic nitrogens is 2. The van der Waals surface area contributed by atoms with E-state index in [1.807, 2.05) is 11.9 Å². The van der Waals surface area contributed by atoms with Crippen molar-refractivity contribution < 1.29 is 4.79 Å². The van der Waals surface area contributed by atoms with Crippen LogP contribution in [0.2, 0.25) is 0 Å². The molecule has 2 rings (SSSR count). The molecule has 2 N–H and O–H groups in total. The predicted molar refractivity (Wildman–Crippen MR) is 67.6 cm³/mol. The summed E-state index contributed by atoms with van der Waals surface area (Å²) in [6.45, 7) is 0.868. The Hall–Kier alpha value is -1.17. The number of nitrogen functional groups attached to an aromatic ring is 1. The molecule has 0 unspecified atom stereocenters. The third-order valence-corrected chi connectivity index (χ3v) is 3.97. The molecule has 0 spiro atoms. The molecule has 0 radical (unpaired) electrons. The van der Waals surface area contributed by atoms with Gasteiger partial charge in [-0.05, 0) is 18.8 Å². The van der Waals surface area contributed by atoms with E-state index in [4.69, 9.17) is 5.73 Å². The smallest absolute Gasteiger partial charge is 0.229 e. The van der Waals surface area contributed by atoms with Gasteiger partial charge in [0, 0.05) is 13.6 Å². The maximum Gasteiger partial charge on any atom is 0.229 e. The molecule has 17 heavy (non-hydrogen) atoms. The van der Waals surface area contributed by atoms with Crippen molar-refractivity contribution in [3.8, 4) is 0 Å². The summed E-state index contributed by atoms with van der Waals surface area (Å²) in [4.78, 5) is 13.7. The first-order chi connectivity index (χ1) is 8.15. The average Bonchev–Trinajstić information content (AvgIpc) is 2.90. The number of nitrogens with two attached hydrogens (primary N) is 1. The Morgan fingerprint density at radius 2 is 2.18 bits per heavy atom. The highest BCUT2D eigenvalue weighted by Crippen LogP contribution is 2.25. The molecule has 0 atom stereocenters. The van der Waals surface area contributed by atoms with E-state index in [1.54, 1.807) is 0 Å². The van der Waals surface area contributed by atoms with Gasteiger partial charge in [-0.25, -0.2) is 0 Å². The number of carbonyl (C=O) groups excluding carboxylic acids is 1. The first kappa shape index (κ1) is 12.3. The van der Waals surface area contributed by atoms with Gasteiger partial charge in [0.1, 0.15) is 5.01 Å². The average molecular weight is 254 g/mol. The van der Waals surface area contributed by atoms with E-state index in [1.165, 1.54) is 37.0 Å². The van der Waals surface area contributed by atoms with Gasteiger partial charge in [0.2, 0.25) is 11.0 Å². The number of carbonyl (C=O) groups is 1. The zero-order valence-corrected chi connectivity index (χ0v) is 10.9. The van der Waals surface area contributed by atoms with Crippen LogP contribution < -0.4 is 5.73 Å². The molecule has 0 bridgehead atoms. The van der Waals surface area contributed by atoms with Gasteiger partial charge in [-0.2, -0.15) is 0 Å². The fraction of sp³-hybridized carbons (Fsp3) is 0.727. The number of anilines is 1. The van der Waals surface area contributed by atoms with E-state index < -0.39 is 0 Å². The van der Waals surface area contributed by atoms with Crippen LogP contribution in [0.25, 0.3) is 0 Å². The quantitative estimate of drug-likeness (QED) is 0.879. The Labute approximate surface area is 105 Å². The number of amides is 1. The molecular formula is C11H18N4OS. The molecule has 0 aliphatic heterocycles. The monoisotopic (exact) mass is 254 g/mol. The van der Waals surface area contributed by atoms with Crippen molar-refractivity contribution in [1.82, 2.24) is 15.1 Å². The zero-order chi connectivity index (χ0) is 12.3. The molecule has 94 valence electrons. The Morgan fingerprint density at radius 1 is 1.47 bits per heavy atom. The summed E-state index contributed by atoms with van der Waals surface area (Å²) >= 11 is 1.28. The van der Waals surface area contributed by atoms with Gasteiger partial charge >= 0.3 is 0 Å². The Morgan fingerprint density at radius 3 is 2.76 bits per heavy atom. The summed E-state index contributed by atoms with van der Waals surface area (Å²) in [5, 5.41) is 8.70. The van der Waals surface area contributed by atoms with E-state index in [0.29, 0.717) is 22.5 Å². The molecule has 1 aromatic rings.